The summed E-state index contributed by atoms with van der Waals surface area (Å²) in [6, 6.07) is 3.14. The lowest BCUT2D eigenvalue weighted by molar-refractivity contribution is 0.102. The normalized spacial score (nSPS) is 15.6. The van der Waals surface area contributed by atoms with Gasteiger partial charge in [0.25, 0.3) is 5.56 Å². The van der Waals surface area contributed by atoms with Crippen LogP contribution in [-0.2, 0) is 11.3 Å². The molecule has 2 N–H and O–H groups in total. The lowest BCUT2D eigenvalue weighted by Crippen LogP contribution is -2.20. The number of aromatic nitrogens is 1. The van der Waals surface area contributed by atoms with Crippen LogP contribution in [0.15, 0.2) is 23.1 Å². The Morgan fingerprint density at radius 1 is 1.33 bits per heavy atom. The van der Waals surface area contributed by atoms with E-state index in [0.717, 1.165) is 18.9 Å². The van der Waals surface area contributed by atoms with Gasteiger partial charge in [-0.15, -0.1) is 0 Å². The van der Waals surface area contributed by atoms with Gasteiger partial charge in [-0.1, -0.05) is 19.3 Å². The highest BCUT2D eigenvalue weighted by Gasteiger charge is 2.16. The fraction of sp³-hybridized carbons (Fsp3) is 0.643. The highest BCUT2D eigenvalue weighted by atomic mass is 16.5. The van der Waals surface area contributed by atoms with Crippen LogP contribution in [0, 0.1) is 5.92 Å². The Morgan fingerprint density at radius 2 is 2.17 bits per heavy atom. The van der Waals surface area contributed by atoms with Crippen LogP contribution in [0.4, 0.5) is 5.69 Å². The first kappa shape index (κ1) is 13.1. The van der Waals surface area contributed by atoms with Crippen molar-refractivity contribution in [2.24, 2.45) is 5.92 Å². The number of nitrogens with zero attached hydrogens (tertiary/aromatic N) is 1. The first-order valence-electron chi connectivity index (χ1n) is 6.79. The molecule has 0 spiro atoms. The van der Waals surface area contributed by atoms with Gasteiger partial charge in [-0.25, -0.2) is 0 Å². The van der Waals surface area contributed by atoms with Gasteiger partial charge >= 0.3 is 0 Å². The smallest absolute Gasteiger partial charge is 0.250 e. The molecule has 1 heterocycles. The van der Waals surface area contributed by atoms with E-state index in [1.54, 1.807) is 16.8 Å². The van der Waals surface area contributed by atoms with E-state index < -0.39 is 0 Å². The maximum Gasteiger partial charge on any atom is 0.250 e. The number of pyridine rings is 1. The van der Waals surface area contributed by atoms with Crippen molar-refractivity contribution in [3.8, 4) is 0 Å². The summed E-state index contributed by atoms with van der Waals surface area (Å²) < 4.78 is 7.23. The Morgan fingerprint density at radius 3 is 2.89 bits per heavy atom. The number of rotatable bonds is 7. The van der Waals surface area contributed by atoms with Crippen molar-refractivity contribution in [3.05, 3.63) is 28.7 Å². The molecule has 4 nitrogen and oxygen atoms in total. The lowest BCUT2D eigenvalue weighted by Gasteiger charge is -2.24. The molecule has 2 rings (SSSR count). The van der Waals surface area contributed by atoms with Crippen LogP contribution in [0.5, 0.6) is 0 Å². The molecule has 1 aromatic rings. The van der Waals surface area contributed by atoms with Crippen LogP contribution in [0.3, 0.4) is 0 Å². The molecule has 0 bridgehead atoms. The summed E-state index contributed by atoms with van der Waals surface area (Å²) in [5.41, 5.74) is 6.27. The average molecular weight is 250 g/mol. The Balaban J connectivity index is 1.59. The summed E-state index contributed by atoms with van der Waals surface area (Å²) in [6.07, 6.45) is 7.88. The van der Waals surface area contributed by atoms with Crippen LogP contribution in [0.2, 0.25) is 0 Å². The van der Waals surface area contributed by atoms with Gasteiger partial charge in [0.1, 0.15) is 0 Å². The number of nitrogen functional groups attached to an aromatic ring is 1. The first-order valence-corrected chi connectivity index (χ1v) is 6.79. The van der Waals surface area contributed by atoms with Crippen molar-refractivity contribution in [3.63, 3.8) is 0 Å². The van der Waals surface area contributed by atoms with Gasteiger partial charge < -0.3 is 15.0 Å². The lowest BCUT2D eigenvalue weighted by atomic mass is 9.83. The third kappa shape index (κ3) is 3.88. The van der Waals surface area contributed by atoms with E-state index in [-0.39, 0.29) is 5.56 Å². The summed E-state index contributed by atoms with van der Waals surface area (Å²) in [5.74, 6) is 0.904. The van der Waals surface area contributed by atoms with Gasteiger partial charge in [-0.2, -0.15) is 0 Å². The van der Waals surface area contributed by atoms with Crippen LogP contribution in [-0.4, -0.2) is 17.8 Å². The van der Waals surface area contributed by atoms with Crippen LogP contribution < -0.4 is 11.3 Å². The molecule has 0 amide bonds. The molecule has 1 aliphatic carbocycles. The van der Waals surface area contributed by atoms with Crippen molar-refractivity contribution < 1.29 is 4.74 Å². The quantitative estimate of drug-likeness (QED) is 0.753. The molecule has 0 saturated heterocycles. The highest BCUT2D eigenvalue weighted by molar-refractivity contribution is 5.33. The minimum Gasteiger partial charge on any atom is -0.398 e. The van der Waals surface area contributed by atoms with Crippen LogP contribution in [0.1, 0.15) is 32.1 Å². The molecule has 100 valence electrons. The topological polar surface area (TPSA) is 57.2 Å². The molecule has 1 saturated carbocycles. The van der Waals surface area contributed by atoms with E-state index in [9.17, 15) is 4.79 Å². The zero-order chi connectivity index (χ0) is 12.8. The third-order valence-corrected chi connectivity index (χ3v) is 3.59. The van der Waals surface area contributed by atoms with Gasteiger partial charge in [0, 0.05) is 37.7 Å². The predicted molar refractivity (Wildman–Crippen MR) is 72.5 cm³/mol. The number of hydrogen-bond acceptors (Lipinski definition) is 3. The molecule has 1 fully saturated rings. The molecule has 0 aromatic carbocycles. The first-order chi connectivity index (χ1) is 8.75. The minimum absolute atomic E-state index is 0.00123. The van der Waals surface area contributed by atoms with E-state index in [1.165, 1.54) is 31.7 Å². The van der Waals surface area contributed by atoms with Gasteiger partial charge in [0.15, 0.2) is 0 Å². The second-order valence-electron chi connectivity index (χ2n) is 5.05. The number of aryl methyl sites for hydroxylation is 1. The number of ether oxygens (including phenoxy) is 1. The summed E-state index contributed by atoms with van der Waals surface area (Å²) in [4.78, 5) is 11.5. The van der Waals surface area contributed by atoms with Crippen molar-refractivity contribution in [1.29, 1.82) is 0 Å². The Kier molecular flexibility index (Phi) is 4.81. The van der Waals surface area contributed by atoms with Crippen LogP contribution >= 0.6 is 0 Å². The Labute approximate surface area is 108 Å². The SMILES string of the molecule is Nc1ccc(=O)n(CCCOCCC2CCC2)c1. The largest absolute Gasteiger partial charge is 0.398 e. The standard InChI is InChI=1S/C14H22N2O2/c15-13-5-6-14(17)16(11-13)8-2-9-18-10-7-12-3-1-4-12/h5-6,11-12H,1-4,7-10,15H2. The fourth-order valence-electron chi connectivity index (χ4n) is 2.20. The van der Waals surface area contributed by atoms with E-state index in [2.05, 4.69) is 0 Å². The van der Waals surface area contributed by atoms with Crippen molar-refractivity contribution >= 4 is 5.69 Å². The summed E-state index contributed by atoms with van der Waals surface area (Å²) in [5, 5.41) is 0. The monoisotopic (exact) mass is 250 g/mol. The second-order valence-corrected chi connectivity index (χ2v) is 5.05. The molecule has 0 aliphatic heterocycles. The van der Waals surface area contributed by atoms with Crippen molar-refractivity contribution in [2.45, 2.75) is 38.6 Å². The van der Waals surface area contributed by atoms with Gasteiger partial charge in [-0.05, 0) is 24.8 Å². The van der Waals surface area contributed by atoms with Gasteiger partial charge in [-0.3, -0.25) is 4.79 Å². The summed E-state index contributed by atoms with van der Waals surface area (Å²) in [7, 11) is 0. The maximum absolute atomic E-state index is 11.5. The molecule has 0 radical (unpaired) electrons. The fourth-order valence-corrected chi connectivity index (χ4v) is 2.20. The second kappa shape index (κ2) is 6.59. The summed E-state index contributed by atoms with van der Waals surface area (Å²) >= 11 is 0. The zero-order valence-corrected chi connectivity index (χ0v) is 10.8. The van der Waals surface area contributed by atoms with Crippen molar-refractivity contribution in [1.82, 2.24) is 4.57 Å². The molecule has 4 heteroatoms. The molecule has 0 atom stereocenters. The summed E-state index contributed by atoms with van der Waals surface area (Å²) in [6.45, 7) is 2.25. The van der Waals surface area contributed by atoms with E-state index >= 15 is 0 Å². The molecular weight excluding hydrogens is 228 g/mol. The van der Waals surface area contributed by atoms with Gasteiger partial charge in [0.05, 0.1) is 0 Å². The number of nitrogens with two attached hydrogens (primary N) is 1. The van der Waals surface area contributed by atoms with E-state index in [0.29, 0.717) is 18.8 Å². The Bertz CT molecular complexity index is 424. The van der Waals surface area contributed by atoms with Crippen molar-refractivity contribution in [2.75, 3.05) is 18.9 Å². The molecule has 1 aliphatic rings. The highest BCUT2D eigenvalue weighted by Crippen LogP contribution is 2.29. The molecular formula is C14H22N2O2. The van der Waals surface area contributed by atoms with E-state index in [1.807, 2.05) is 0 Å². The van der Waals surface area contributed by atoms with E-state index in [4.69, 9.17) is 10.5 Å². The van der Waals surface area contributed by atoms with Crippen LogP contribution in [0.25, 0.3) is 0 Å². The molecule has 0 unspecified atom stereocenters. The average Bonchev–Trinajstić information content (AvgIpc) is 2.30. The number of hydrogen-bond donors (Lipinski definition) is 1. The maximum atomic E-state index is 11.5. The number of anilines is 1. The zero-order valence-electron chi connectivity index (χ0n) is 10.8. The molecule has 18 heavy (non-hydrogen) atoms. The third-order valence-electron chi connectivity index (χ3n) is 3.59. The Hall–Kier alpha value is -1.29. The molecule has 1 aromatic heterocycles. The minimum atomic E-state index is -0.00123. The predicted octanol–water partition coefficient (Wildman–Crippen LogP) is 2.03. The van der Waals surface area contributed by atoms with Gasteiger partial charge in [0.2, 0.25) is 0 Å².